The quantitative estimate of drug-likeness (QED) is 0.707. The molecule has 0 spiro atoms. The molecule has 0 bridgehead atoms. The molecule has 0 saturated heterocycles. The van der Waals surface area contributed by atoms with E-state index in [1.807, 2.05) is 0 Å². The van der Waals surface area contributed by atoms with Gasteiger partial charge in [0, 0.05) is 7.05 Å². The van der Waals surface area contributed by atoms with Gasteiger partial charge in [-0.05, 0) is 25.2 Å². The summed E-state index contributed by atoms with van der Waals surface area (Å²) in [7, 11) is 1.52. The second-order valence-corrected chi connectivity index (χ2v) is 3.85. The number of aliphatic hydroxyl groups is 1. The standard InChI is InChI=1S/C10H19NO3/c1-3-7-4-5-8(12)9(6-7)14-10(13)11-2/h7-9,12H,3-6H2,1-2H3,(H,11,13). The minimum Gasteiger partial charge on any atom is -0.443 e. The summed E-state index contributed by atoms with van der Waals surface area (Å²) >= 11 is 0. The van der Waals surface area contributed by atoms with E-state index in [9.17, 15) is 9.90 Å². The Labute approximate surface area is 84.6 Å². The summed E-state index contributed by atoms with van der Waals surface area (Å²) in [5, 5.41) is 12.0. The Morgan fingerprint density at radius 3 is 2.86 bits per heavy atom. The molecule has 1 saturated carbocycles. The van der Waals surface area contributed by atoms with E-state index in [-0.39, 0.29) is 6.10 Å². The first kappa shape index (κ1) is 11.3. The van der Waals surface area contributed by atoms with Crippen molar-refractivity contribution < 1.29 is 14.6 Å². The van der Waals surface area contributed by atoms with Gasteiger partial charge in [0.05, 0.1) is 6.10 Å². The van der Waals surface area contributed by atoms with E-state index in [4.69, 9.17) is 4.74 Å². The Morgan fingerprint density at radius 1 is 1.57 bits per heavy atom. The van der Waals surface area contributed by atoms with Gasteiger partial charge >= 0.3 is 6.09 Å². The molecular formula is C10H19NO3. The highest BCUT2D eigenvalue weighted by Gasteiger charge is 2.30. The fourth-order valence-corrected chi connectivity index (χ4v) is 1.89. The molecule has 0 aromatic carbocycles. The summed E-state index contributed by atoms with van der Waals surface area (Å²) in [5.41, 5.74) is 0. The van der Waals surface area contributed by atoms with Crippen LogP contribution in [0.1, 0.15) is 32.6 Å². The third-order valence-electron chi connectivity index (χ3n) is 2.91. The van der Waals surface area contributed by atoms with E-state index in [0.717, 1.165) is 25.7 Å². The van der Waals surface area contributed by atoms with E-state index in [1.165, 1.54) is 7.05 Å². The van der Waals surface area contributed by atoms with Gasteiger partial charge in [0.25, 0.3) is 0 Å². The van der Waals surface area contributed by atoms with Crippen LogP contribution in [-0.2, 0) is 4.74 Å². The van der Waals surface area contributed by atoms with Gasteiger partial charge in [-0.1, -0.05) is 13.3 Å². The summed E-state index contributed by atoms with van der Waals surface area (Å²) < 4.78 is 5.08. The normalized spacial score (nSPS) is 32.4. The van der Waals surface area contributed by atoms with Crippen LogP contribution in [0.5, 0.6) is 0 Å². The second kappa shape index (κ2) is 5.20. The van der Waals surface area contributed by atoms with Gasteiger partial charge in [0.15, 0.2) is 0 Å². The van der Waals surface area contributed by atoms with E-state index in [0.29, 0.717) is 5.92 Å². The molecule has 1 rings (SSSR count). The van der Waals surface area contributed by atoms with Gasteiger partial charge in [0.2, 0.25) is 0 Å². The van der Waals surface area contributed by atoms with E-state index in [2.05, 4.69) is 12.2 Å². The average molecular weight is 201 g/mol. The molecule has 82 valence electrons. The summed E-state index contributed by atoms with van der Waals surface area (Å²) in [5.74, 6) is 0.577. The summed E-state index contributed by atoms with van der Waals surface area (Å²) in [6, 6.07) is 0. The Balaban J connectivity index is 2.44. The van der Waals surface area contributed by atoms with Crippen LogP contribution in [0.2, 0.25) is 0 Å². The summed E-state index contributed by atoms with van der Waals surface area (Å²) in [6.45, 7) is 2.12. The molecule has 1 aliphatic rings. The number of amides is 1. The van der Waals surface area contributed by atoms with Crippen molar-refractivity contribution in [2.75, 3.05) is 7.05 Å². The maximum Gasteiger partial charge on any atom is 0.407 e. The Kier molecular flexibility index (Phi) is 4.20. The molecule has 0 aromatic rings. The highest BCUT2D eigenvalue weighted by Crippen LogP contribution is 2.28. The number of alkyl carbamates (subject to hydrolysis) is 1. The van der Waals surface area contributed by atoms with Crippen molar-refractivity contribution in [3.05, 3.63) is 0 Å². The third kappa shape index (κ3) is 2.87. The fourth-order valence-electron chi connectivity index (χ4n) is 1.89. The molecule has 4 heteroatoms. The van der Waals surface area contributed by atoms with Gasteiger partial charge in [-0.3, -0.25) is 0 Å². The van der Waals surface area contributed by atoms with E-state index < -0.39 is 12.2 Å². The van der Waals surface area contributed by atoms with Gasteiger partial charge in [0.1, 0.15) is 6.10 Å². The van der Waals surface area contributed by atoms with Crippen LogP contribution in [0.4, 0.5) is 4.79 Å². The van der Waals surface area contributed by atoms with Gasteiger partial charge < -0.3 is 15.2 Å². The van der Waals surface area contributed by atoms with E-state index in [1.54, 1.807) is 0 Å². The van der Waals surface area contributed by atoms with Crippen LogP contribution in [0.3, 0.4) is 0 Å². The first-order chi connectivity index (χ1) is 6.67. The number of carbonyl (C=O) groups excluding carboxylic acids is 1. The lowest BCUT2D eigenvalue weighted by Crippen LogP contribution is -2.39. The first-order valence-corrected chi connectivity index (χ1v) is 5.23. The lowest BCUT2D eigenvalue weighted by molar-refractivity contribution is -0.0353. The number of aliphatic hydroxyl groups excluding tert-OH is 1. The highest BCUT2D eigenvalue weighted by molar-refractivity contribution is 5.66. The average Bonchev–Trinajstić information content (AvgIpc) is 2.21. The van der Waals surface area contributed by atoms with Crippen molar-refractivity contribution in [3.8, 4) is 0 Å². The lowest BCUT2D eigenvalue weighted by atomic mass is 9.84. The van der Waals surface area contributed by atoms with Crippen LogP contribution in [0.15, 0.2) is 0 Å². The molecule has 4 nitrogen and oxygen atoms in total. The summed E-state index contributed by atoms with van der Waals surface area (Å²) in [4.78, 5) is 11.0. The topological polar surface area (TPSA) is 58.6 Å². The molecule has 1 fully saturated rings. The van der Waals surface area contributed by atoms with Crippen LogP contribution in [0.25, 0.3) is 0 Å². The Hall–Kier alpha value is -0.770. The second-order valence-electron chi connectivity index (χ2n) is 3.85. The molecule has 0 radical (unpaired) electrons. The lowest BCUT2D eigenvalue weighted by Gasteiger charge is -2.32. The molecule has 3 unspecified atom stereocenters. The molecule has 2 N–H and O–H groups in total. The van der Waals surface area contributed by atoms with Crippen molar-refractivity contribution in [3.63, 3.8) is 0 Å². The third-order valence-corrected chi connectivity index (χ3v) is 2.91. The molecule has 1 aliphatic carbocycles. The van der Waals surface area contributed by atoms with Crippen molar-refractivity contribution in [1.82, 2.24) is 5.32 Å². The van der Waals surface area contributed by atoms with Crippen molar-refractivity contribution in [1.29, 1.82) is 0 Å². The van der Waals surface area contributed by atoms with Gasteiger partial charge in [-0.2, -0.15) is 0 Å². The molecule has 3 atom stereocenters. The van der Waals surface area contributed by atoms with Crippen LogP contribution in [0, 0.1) is 5.92 Å². The first-order valence-electron chi connectivity index (χ1n) is 5.23. The number of hydrogen-bond acceptors (Lipinski definition) is 3. The number of nitrogens with one attached hydrogen (secondary N) is 1. The number of rotatable bonds is 2. The number of ether oxygens (including phenoxy) is 1. The summed E-state index contributed by atoms with van der Waals surface area (Å²) in [6.07, 6.45) is 2.37. The fraction of sp³-hybridized carbons (Fsp3) is 0.900. The number of hydrogen-bond donors (Lipinski definition) is 2. The van der Waals surface area contributed by atoms with Crippen molar-refractivity contribution in [2.45, 2.75) is 44.8 Å². The molecule has 0 aromatic heterocycles. The zero-order valence-corrected chi connectivity index (χ0v) is 8.82. The largest absolute Gasteiger partial charge is 0.443 e. The van der Waals surface area contributed by atoms with Crippen LogP contribution in [-0.4, -0.2) is 30.5 Å². The minimum absolute atomic E-state index is 0.325. The maximum absolute atomic E-state index is 11.0. The molecule has 1 amide bonds. The van der Waals surface area contributed by atoms with E-state index >= 15 is 0 Å². The molecule has 0 heterocycles. The van der Waals surface area contributed by atoms with Crippen molar-refractivity contribution in [2.24, 2.45) is 5.92 Å². The SMILES string of the molecule is CCC1CCC(O)C(OC(=O)NC)C1. The van der Waals surface area contributed by atoms with Crippen molar-refractivity contribution >= 4 is 6.09 Å². The number of carbonyl (C=O) groups is 1. The molecule has 14 heavy (non-hydrogen) atoms. The Bertz CT molecular complexity index is 196. The predicted molar refractivity (Wildman–Crippen MR) is 53.0 cm³/mol. The predicted octanol–water partition coefficient (Wildman–Crippen LogP) is 1.28. The highest BCUT2D eigenvalue weighted by atomic mass is 16.6. The molecule has 0 aliphatic heterocycles. The maximum atomic E-state index is 11.0. The minimum atomic E-state index is -0.491. The van der Waals surface area contributed by atoms with Gasteiger partial charge in [-0.15, -0.1) is 0 Å². The zero-order chi connectivity index (χ0) is 10.6. The Morgan fingerprint density at radius 2 is 2.29 bits per heavy atom. The molecular weight excluding hydrogens is 182 g/mol. The van der Waals surface area contributed by atoms with Crippen LogP contribution < -0.4 is 5.32 Å². The smallest absolute Gasteiger partial charge is 0.407 e. The van der Waals surface area contributed by atoms with Crippen LogP contribution >= 0.6 is 0 Å². The van der Waals surface area contributed by atoms with Gasteiger partial charge in [-0.25, -0.2) is 4.79 Å². The zero-order valence-electron chi connectivity index (χ0n) is 8.82. The monoisotopic (exact) mass is 201 g/mol.